The molecule has 22 heavy (non-hydrogen) atoms. The van der Waals surface area contributed by atoms with Gasteiger partial charge >= 0.3 is 0 Å². The normalized spacial score (nSPS) is 26.3. The molecule has 4 rings (SSSR count). The molecule has 2 N–H and O–H groups in total. The number of amides is 1. The summed E-state index contributed by atoms with van der Waals surface area (Å²) in [6.07, 6.45) is 4.90. The van der Waals surface area contributed by atoms with Crippen LogP contribution in [0.5, 0.6) is 0 Å². The van der Waals surface area contributed by atoms with Gasteiger partial charge in [0.25, 0.3) is 5.91 Å². The molecule has 4 heterocycles. The molecule has 2 fully saturated rings. The number of hydrogen-bond acceptors (Lipinski definition) is 4. The second-order valence-corrected chi connectivity index (χ2v) is 6.33. The van der Waals surface area contributed by atoms with E-state index in [4.69, 9.17) is 16.0 Å². The number of rotatable bonds is 3. The Balaban J connectivity index is 1.46. The predicted molar refractivity (Wildman–Crippen MR) is 82.8 cm³/mol. The maximum Gasteiger partial charge on any atom is 0.287 e. The Labute approximate surface area is 133 Å². The maximum atomic E-state index is 12.3. The average molecular weight is 318 g/mol. The third-order valence-electron chi connectivity index (χ3n) is 4.43. The first-order chi connectivity index (χ1) is 10.7. The van der Waals surface area contributed by atoms with Gasteiger partial charge in [0.1, 0.15) is 5.69 Å². The van der Waals surface area contributed by atoms with Crippen LogP contribution in [0.25, 0.3) is 11.5 Å². The van der Waals surface area contributed by atoms with Crippen molar-refractivity contribution < 1.29 is 9.21 Å². The van der Waals surface area contributed by atoms with Crippen LogP contribution in [0.4, 0.5) is 0 Å². The summed E-state index contributed by atoms with van der Waals surface area (Å²) in [5.74, 6) is 0.710. The van der Waals surface area contributed by atoms with Crippen molar-refractivity contribution in [1.29, 1.82) is 0 Å². The largest absolute Gasteiger partial charge is 0.449 e. The SMILES string of the molecule is O=C(NC1CC2CCC1N2)c1ccc(-c2ccc(Cl)cn2)o1. The molecule has 1 amide bonds. The molecule has 2 aromatic heterocycles. The molecule has 3 unspecified atom stereocenters. The minimum Gasteiger partial charge on any atom is -0.449 e. The summed E-state index contributed by atoms with van der Waals surface area (Å²) in [4.78, 5) is 16.5. The molecule has 0 saturated carbocycles. The molecule has 6 heteroatoms. The van der Waals surface area contributed by atoms with Gasteiger partial charge in [0.2, 0.25) is 0 Å². The molecule has 114 valence electrons. The third-order valence-corrected chi connectivity index (χ3v) is 4.65. The second kappa shape index (κ2) is 5.41. The minimum atomic E-state index is -0.167. The fourth-order valence-electron chi connectivity index (χ4n) is 3.34. The molecule has 0 aliphatic carbocycles. The third kappa shape index (κ3) is 2.51. The minimum absolute atomic E-state index is 0.167. The van der Waals surface area contributed by atoms with Crippen molar-refractivity contribution in [2.24, 2.45) is 0 Å². The Bertz CT molecular complexity index is 698. The van der Waals surface area contributed by atoms with Crippen LogP contribution in [0.2, 0.25) is 5.02 Å². The predicted octanol–water partition coefficient (Wildman–Crippen LogP) is 2.62. The van der Waals surface area contributed by atoms with E-state index in [-0.39, 0.29) is 11.9 Å². The molecular formula is C16H16ClN3O2. The Kier molecular flexibility index (Phi) is 3.39. The highest BCUT2D eigenvalue weighted by Crippen LogP contribution is 2.28. The molecule has 0 spiro atoms. The summed E-state index contributed by atoms with van der Waals surface area (Å²) >= 11 is 5.82. The molecule has 5 nitrogen and oxygen atoms in total. The molecule has 2 aliphatic heterocycles. The topological polar surface area (TPSA) is 67.2 Å². The first kappa shape index (κ1) is 13.8. The number of pyridine rings is 1. The van der Waals surface area contributed by atoms with Crippen LogP contribution < -0.4 is 10.6 Å². The maximum absolute atomic E-state index is 12.3. The smallest absolute Gasteiger partial charge is 0.287 e. The van der Waals surface area contributed by atoms with E-state index in [1.54, 1.807) is 30.5 Å². The summed E-state index contributed by atoms with van der Waals surface area (Å²) < 4.78 is 5.62. The van der Waals surface area contributed by atoms with Gasteiger partial charge in [-0.15, -0.1) is 0 Å². The zero-order valence-electron chi connectivity index (χ0n) is 11.9. The van der Waals surface area contributed by atoms with Gasteiger partial charge in [0, 0.05) is 24.3 Å². The van der Waals surface area contributed by atoms with Gasteiger partial charge < -0.3 is 15.1 Å². The summed E-state index contributed by atoms with van der Waals surface area (Å²) in [7, 11) is 0. The van der Waals surface area contributed by atoms with Gasteiger partial charge in [0.15, 0.2) is 11.5 Å². The van der Waals surface area contributed by atoms with Crippen LogP contribution in [-0.4, -0.2) is 29.0 Å². The highest BCUT2D eigenvalue weighted by molar-refractivity contribution is 6.30. The van der Waals surface area contributed by atoms with Gasteiger partial charge in [0.05, 0.1) is 5.02 Å². The van der Waals surface area contributed by atoms with Crippen molar-refractivity contribution in [2.75, 3.05) is 0 Å². The molecule has 2 aliphatic rings. The lowest BCUT2D eigenvalue weighted by Crippen LogP contribution is -2.42. The van der Waals surface area contributed by atoms with E-state index in [0.717, 1.165) is 12.8 Å². The van der Waals surface area contributed by atoms with Crippen LogP contribution in [0, 0.1) is 0 Å². The number of nitrogens with zero attached hydrogens (tertiary/aromatic N) is 1. The Morgan fingerprint density at radius 3 is 2.91 bits per heavy atom. The highest BCUT2D eigenvalue weighted by Gasteiger charge is 2.39. The van der Waals surface area contributed by atoms with Crippen LogP contribution in [0.15, 0.2) is 34.9 Å². The first-order valence-electron chi connectivity index (χ1n) is 7.48. The number of fused-ring (bicyclic) bond motifs is 2. The van der Waals surface area contributed by atoms with Crippen molar-refractivity contribution in [2.45, 2.75) is 37.4 Å². The average Bonchev–Trinajstić information content (AvgIpc) is 3.24. The lowest BCUT2D eigenvalue weighted by atomic mass is 9.95. The zero-order valence-corrected chi connectivity index (χ0v) is 12.6. The number of furan rings is 1. The summed E-state index contributed by atoms with van der Waals surface area (Å²) in [6, 6.07) is 8.11. The van der Waals surface area contributed by atoms with Crippen LogP contribution in [0.1, 0.15) is 29.8 Å². The quantitative estimate of drug-likeness (QED) is 0.913. The van der Waals surface area contributed by atoms with Gasteiger partial charge in [-0.3, -0.25) is 9.78 Å². The number of hydrogen-bond donors (Lipinski definition) is 2. The van der Waals surface area contributed by atoms with Crippen molar-refractivity contribution in [3.63, 3.8) is 0 Å². The summed E-state index contributed by atoms with van der Waals surface area (Å²) in [5, 5.41) is 7.13. The summed E-state index contributed by atoms with van der Waals surface area (Å²) in [6.45, 7) is 0. The van der Waals surface area contributed by atoms with Crippen molar-refractivity contribution in [3.8, 4) is 11.5 Å². The van der Waals surface area contributed by atoms with Crippen molar-refractivity contribution in [3.05, 3.63) is 41.2 Å². The lowest BCUT2D eigenvalue weighted by molar-refractivity contribution is 0.0903. The monoisotopic (exact) mass is 317 g/mol. The molecule has 0 radical (unpaired) electrons. The van der Waals surface area contributed by atoms with E-state index >= 15 is 0 Å². The Morgan fingerprint density at radius 1 is 1.32 bits per heavy atom. The lowest BCUT2D eigenvalue weighted by Gasteiger charge is -2.20. The van der Waals surface area contributed by atoms with Crippen LogP contribution in [0.3, 0.4) is 0 Å². The highest BCUT2D eigenvalue weighted by atomic mass is 35.5. The Hall–Kier alpha value is -1.85. The fourth-order valence-corrected chi connectivity index (χ4v) is 3.45. The number of carbonyl (C=O) groups excluding carboxylic acids is 1. The Morgan fingerprint density at radius 2 is 2.23 bits per heavy atom. The first-order valence-corrected chi connectivity index (χ1v) is 7.85. The van der Waals surface area contributed by atoms with E-state index in [9.17, 15) is 4.79 Å². The fraction of sp³-hybridized carbons (Fsp3) is 0.375. The number of carbonyl (C=O) groups is 1. The molecule has 2 aromatic rings. The molecular weight excluding hydrogens is 302 g/mol. The van der Waals surface area contributed by atoms with Gasteiger partial charge in [-0.05, 0) is 43.5 Å². The van der Waals surface area contributed by atoms with Gasteiger partial charge in [-0.2, -0.15) is 0 Å². The van der Waals surface area contributed by atoms with Gasteiger partial charge in [-0.1, -0.05) is 11.6 Å². The number of aromatic nitrogens is 1. The van der Waals surface area contributed by atoms with E-state index in [1.165, 1.54) is 6.42 Å². The van der Waals surface area contributed by atoms with E-state index in [2.05, 4.69) is 15.6 Å². The molecule has 2 bridgehead atoms. The van der Waals surface area contributed by atoms with E-state index in [0.29, 0.717) is 34.3 Å². The standard InChI is InChI=1S/C16H16ClN3O2/c17-9-1-3-12(18-8-9)14-5-6-15(22-14)16(21)20-13-7-10-2-4-11(13)19-10/h1,3,5-6,8,10-11,13,19H,2,4,7H2,(H,20,21). The number of halogens is 1. The zero-order chi connectivity index (χ0) is 15.1. The molecule has 3 atom stereocenters. The number of nitrogens with one attached hydrogen (secondary N) is 2. The van der Waals surface area contributed by atoms with Crippen molar-refractivity contribution in [1.82, 2.24) is 15.6 Å². The van der Waals surface area contributed by atoms with Crippen LogP contribution >= 0.6 is 11.6 Å². The molecule has 0 aromatic carbocycles. The second-order valence-electron chi connectivity index (χ2n) is 5.89. The van der Waals surface area contributed by atoms with Crippen molar-refractivity contribution >= 4 is 17.5 Å². The van der Waals surface area contributed by atoms with Crippen LogP contribution in [-0.2, 0) is 0 Å². The summed E-state index contributed by atoms with van der Waals surface area (Å²) in [5.41, 5.74) is 0.657. The molecule has 2 saturated heterocycles. The van der Waals surface area contributed by atoms with Gasteiger partial charge in [-0.25, -0.2) is 0 Å². The van der Waals surface area contributed by atoms with E-state index in [1.807, 2.05) is 0 Å². The van der Waals surface area contributed by atoms with E-state index < -0.39 is 0 Å².